The molecule has 19 heavy (non-hydrogen) atoms. The zero-order valence-corrected chi connectivity index (χ0v) is 12.3. The molecule has 0 aromatic heterocycles. The summed E-state index contributed by atoms with van der Waals surface area (Å²) >= 11 is 0. The fraction of sp³-hybridized carbons (Fsp3) is 0.933. The van der Waals surface area contributed by atoms with E-state index in [0.29, 0.717) is 6.54 Å². The van der Waals surface area contributed by atoms with Gasteiger partial charge in [0.1, 0.15) is 0 Å². The molecule has 1 aliphatic carbocycles. The van der Waals surface area contributed by atoms with E-state index in [0.717, 1.165) is 44.6 Å². The van der Waals surface area contributed by atoms with Crippen molar-refractivity contribution in [1.82, 2.24) is 15.5 Å². The van der Waals surface area contributed by atoms with Gasteiger partial charge >= 0.3 is 0 Å². The molecular formula is C15H29N3O. The van der Waals surface area contributed by atoms with Crippen LogP contribution in [0.4, 0.5) is 0 Å². The van der Waals surface area contributed by atoms with Crippen molar-refractivity contribution < 1.29 is 4.79 Å². The van der Waals surface area contributed by atoms with E-state index in [9.17, 15) is 4.79 Å². The van der Waals surface area contributed by atoms with E-state index in [1.165, 1.54) is 32.1 Å². The summed E-state index contributed by atoms with van der Waals surface area (Å²) < 4.78 is 0. The van der Waals surface area contributed by atoms with Crippen molar-refractivity contribution in [2.45, 2.75) is 39.0 Å². The predicted octanol–water partition coefficient (Wildman–Crippen LogP) is 1.22. The van der Waals surface area contributed by atoms with Crippen LogP contribution in [0.15, 0.2) is 0 Å². The second-order valence-electron chi connectivity index (χ2n) is 6.19. The molecule has 0 aromatic carbocycles. The summed E-state index contributed by atoms with van der Waals surface area (Å²) in [6, 6.07) is 0. The first-order valence-corrected chi connectivity index (χ1v) is 7.97. The highest BCUT2D eigenvalue weighted by molar-refractivity contribution is 5.78. The number of amides is 1. The molecule has 2 aliphatic rings. The Labute approximate surface area is 117 Å². The van der Waals surface area contributed by atoms with Gasteiger partial charge in [0.05, 0.1) is 6.54 Å². The van der Waals surface area contributed by atoms with Crippen LogP contribution in [0.5, 0.6) is 0 Å². The van der Waals surface area contributed by atoms with Gasteiger partial charge < -0.3 is 10.6 Å². The lowest BCUT2D eigenvalue weighted by molar-refractivity contribution is -0.122. The van der Waals surface area contributed by atoms with Gasteiger partial charge in [-0.25, -0.2) is 0 Å². The Bertz CT molecular complexity index is 279. The van der Waals surface area contributed by atoms with Crippen LogP contribution in [0.25, 0.3) is 0 Å². The zero-order chi connectivity index (χ0) is 13.5. The minimum atomic E-state index is 0.217. The van der Waals surface area contributed by atoms with Gasteiger partial charge in [-0.15, -0.1) is 0 Å². The maximum absolute atomic E-state index is 11.8. The smallest absolute Gasteiger partial charge is 0.234 e. The molecule has 1 atom stereocenters. The van der Waals surface area contributed by atoms with Crippen LogP contribution in [0.1, 0.15) is 39.0 Å². The van der Waals surface area contributed by atoms with Gasteiger partial charge in [0, 0.05) is 13.1 Å². The molecule has 0 aromatic rings. The summed E-state index contributed by atoms with van der Waals surface area (Å²) in [6.07, 6.45) is 6.33. The summed E-state index contributed by atoms with van der Waals surface area (Å²) in [5.74, 6) is 1.71. The first-order chi connectivity index (χ1) is 9.28. The molecule has 0 spiro atoms. The van der Waals surface area contributed by atoms with Crippen LogP contribution < -0.4 is 10.6 Å². The molecule has 110 valence electrons. The van der Waals surface area contributed by atoms with Crippen LogP contribution in [0, 0.1) is 11.8 Å². The Hall–Kier alpha value is -0.610. The standard InChI is InChI=1S/C15H29N3O/c1-2-7-16-9-14-4-3-8-18(11-14)12-15(19)17-10-13-5-6-13/h13-14,16H,2-12H2,1H3,(H,17,19). The van der Waals surface area contributed by atoms with Gasteiger partial charge in [-0.3, -0.25) is 9.69 Å². The Kier molecular flexibility index (Phi) is 6.11. The lowest BCUT2D eigenvalue weighted by Crippen LogP contribution is -2.44. The Morgan fingerprint density at radius 3 is 2.79 bits per heavy atom. The van der Waals surface area contributed by atoms with E-state index in [4.69, 9.17) is 0 Å². The first kappa shape index (κ1) is 14.8. The van der Waals surface area contributed by atoms with Gasteiger partial charge in [-0.2, -0.15) is 0 Å². The van der Waals surface area contributed by atoms with E-state index in [1.54, 1.807) is 0 Å². The molecule has 0 radical (unpaired) electrons. The fourth-order valence-electron chi connectivity index (χ4n) is 2.78. The predicted molar refractivity (Wildman–Crippen MR) is 78.1 cm³/mol. The lowest BCUT2D eigenvalue weighted by Gasteiger charge is -2.32. The van der Waals surface area contributed by atoms with Crippen molar-refractivity contribution in [2.75, 3.05) is 39.3 Å². The van der Waals surface area contributed by atoms with Crippen molar-refractivity contribution in [3.63, 3.8) is 0 Å². The third-order valence-corrected chi connectivity index (χ3v) is 4.11. The molecular weight excluding hydrogens is 238 g/mol. The van der Waals surface area contributed by atoms with E-state index < -0.39 is 0 Å². The number of piperidine rings is 1. The van der Waals surface area contributed by atoms with Crippen LogP contribution in [-0.4, -0.2) is 50.1 Å². The average molecular weight is 267 g/mol. The van der Waals surface area contributed by atoms with Crippen LogP contribution in [0.3, 0.4) is 0 Å². The van der Waals surface area contributed by atoms with Gasteiger partial charge in [0.15, 0.2) is 0 Å². The molecule has 1 unspecified atom stereocenters. The van der Waals surface area contributed by atoms with Crippen molar-refractivity contribution >= 4 is 5.91 Å². The number of carbonyl (C=O) groups is 1. The summed E-state index contributed by atoms with van der Waals surface area (Å²) in [4.78, 5) is 14.2. The van der Waals surface area contributed by atoms with Gasteiger partial charge in [0.2, 0.25) is 5.91 Å². The summed E-state index contributed by atoms with van der Waals surface area (Å²) in [6.45, 7) is 8.07. The Morgan fingerprint density at radius 2 is 2.05 bits per heavy atom. The normalized spacial score (nSPS) is 24.4. The van der Waals surface area contributed by atoms with Crippen molar-refractivity contribution in [3.05, 3.63) is 0 Å². The Balaban J connectivity index is 1.60. The fourth-order valence-corrected chi connectivity index (χ4v) is 2.78. The second-order valence-corrected chi connectivity index (χ2v) is 6.19. The largest absolute Gasteiger partial charge is 0.355 e. The average Bonchev–Trinajstić information content (AvgIpc) is 3.21. The van der Waals surface area contributed by atoms with E-state index in [-0.39, 0.29) is 5.91 Å². The van der Waals surface area contributed by atoms with Crippen molar-refractivity contribution in [3.8, 4) is 0 Å². The molecule has 1 saturated heterocycles. The summed E-state index contributed by atoms with van der Waals surface area (Å²) in [5, 5.41) is 6.56. The minimum Gasteiger partial charge on any atom is -0.355 e. The van der Waals surface area contributed by atoms with Crippen LogP contribution >= 0.6 is 0 Å². The zero-order valence-electron chi connectivity index (χ0n) is 12.3. The molecule has 4 heteroatoms. The number of nitrogens with zero attached hydrogens (tertiary/aromatic N) is 1. The highest BCUT2D eigenvalue weighted by Crippen LogP contribution is 2.27. The van der Waals surface area contributed by atoms with Gasteiger partial charge in [-0.1, -0.05) is 6.92 Å². The number of hydrogen-bond donors (Lipinski definition) is 2. The molecule has 2 rings (SSSR count). The summed E-state index contributed by atoms with van der Waals surface area (Å²) in [7, 11) is 0. The third kappa shape index (κ3) is 5.91. The molecule has 1 amide bonds. The maximum atomic E-state index is 11.8. The van der Waals surface area contributed by atoms with Crippen LogP contribution in [-0.2, 0) is 4.79 Å². The topological polar surface area (TPSA) is 44.4 Å². The maximum Gasteiger partial charge on any atom is 0.234 e. The number of likely N-dealkylation sites (tertiary alicyclic amines) is 1. The van der Waals surface area contributed by atoms with Crippen molar-refractivity contribution in [1.29, 1.82) is 0 Å². The Morgan fingerprint density at radius 1 is 1.21 bits per heavy atom. The molecule has 2 fully saturated rings. The molecule has 4 nitrogen and oxygen atoms in total. The number of nitrogens with one attached hydrogen (secondary N) is 2. The second kappa shape index (κ2) is 7.85. The molecule has 0 bridgehead atoms. The monoisotopic (exact) mass is 267 g/mol. The number of carbonyl (C=O) groups excluding carboxylic acids is 1. The SMILES string of the molecule is CCCNCC1CCCN(CC(=O)NCC2CC2)C1. The van der Waals surface area contributed by atoms with E-state index in [1.807, 2.05) is 0 Å². The summed E-state index contributed by atoms with van der Waals surface area (Å²) in [5.41, 5.74) is 0. The third-order valence-electron chi connectivity index (χ3n) is 4.11. The van der Waals surface area contributed by atoms with Gasteiger partial charge in [-0.05, 0) is 63.6 Å². The lowest BCUT2D eigenvalue weighted by atomic mass is 9.98. The molecule has 1 heterocycles. The van der Waals surface area contributed by atoms with Gasteiger partial charge in [0.25, 0.3) is 0 Å². The highest BCUT2D eigenvalue weighted by atomic mass is 16.2. The van der Waals surface area contributed by atoms with Crippen LogP contribution in [0.2, 0.25) is 0 Å². The highest BCUT2D eigenvalue weighted by Gasteiger charge is 2.24. The number of rotatable bonds is 8. The first-order valence-electron chi connectivity index (χ1n) is 7.97. The minimum absolute atomic E-state index is 0.217. The van der Waals surface area contributed by atoms with E-state index >= 15 is 0 Å². The van der Waals surface area contributed by atoms with Crippen molar-refractivity contribution in [2.24, 2.45) is 11.8 Å². The molecule has 2 N–H and O–H groups in total. The quantitative estimate of drug-likeness (QED) is 0.650. The number of hydrogen-bond acceptors (Lipinski definition) is 3. The van der Waals surface area contributed by atoms with E-state index in [2.05, 4.69) is 22.5 Å². The molecule has 1 saturated carbocycles. The molecule has 1 aliphatic heterocycles.